The quantitative estimate of drug-likeness (QED) is 0.855. The lowest BCUT2D eigenvalue weighted by Crippen LogP contribution is -2.58. The molecule has 0 unspecified atom stereocenters. The Hall–Kier alpha value is -0.650. The second-order valence-electron chi connectivity index (χ2n) is 8.37. The predicted octanol–water partition coefficient (Wildman–Crippen LogP) is 1.72. The van der Waals surface area contributed by atoms with Crippen LogP contribution in [0.25, 0.3) is 0 Å². The van der Waals surface area contributed by atoms with E-state index in [1.54, 1.807) is 0 Å². The van der Waals surface area contributed by atoms with Crippen molar-refractivity contribution in [3.05, 3.63) is 0 Å². The van der Waals surface area contributed by atoms with Gasteiger partial charge in [0, 0.05) is 51.7 Å². The molecule has 2 saturated heterocycles. The Morgan fingerprint density at radius 2 is 2.00 bits per heavy atom. The highest BCUT2D eigenvalue weighted by Crippen LogP contribution is 2.23. The van der Waals surface area contributed by atoms with E-state index in [1.165, 1.54) is 0 Å². The number of ether oxygens (including phenoxy) is 1. The molecule has 5 heteroatoms. The second kappa shape index (κ2) is 7.95. The van der Waals surface area contributed by atoms with Gasteiger partial charge in [0.15, 0.2) is 0 Å². The third-order valence-corrected chi connectivity index (χ3v) is 4.73. The zero-order chi connectivity index (χ0) is 17.0. The first-order valence-corrected chi connectivity index (χ1v) is 9.16. The van der Waals surface area contributed by atoms with Crippen LogP contribution in [-0.2, 0) is 9.53 Å². The number of rotatable bonds is 4. The molecule has 1 amide bonds. The van der Waals surface area contributed by atoms with Crippen LogP contribution in [0.4, 0.5) is 0 Å². The van der Waals surface area contributed by atoms with Crippen LogP contribution >= 0.6 is 0 Å². The van der Waals surface area contributed by atoms with E-state index in [2.05, 4.69) is 49.7 Å². The number of morpholine rings is 1. The van der Waals surface area contributed by atoms with Crippen LogP contribution in [-0.4, -0.2) is 73.2 Å². The maximum Gasteiger partial charge on any atom is 0.223 e. The predicted molar refractivity (Wildman–Crippen MR) is 93.5 cm³/mol. The summed E-state index contributed by atoms with van der Waals surface area (Å²) in [6.45, 7) is 16.3. The number of carbonyl (C=O) groups excluding carboxylic acids is 1. The molecule has 2 fully saturated rings. The normalized spacial score (nSPS) is 30.5. The van der Waals surface area contributed by atoms with Crippen LogP contribution < -0.4 is 5.32 Å². The number of piperazine rings is 1. The zero-order valence-electron chi connectivity index (χ0n) is 15.6. The first-order valence-electron chi connectivity index (χ1n) is 9.16. The number of amides is 1. The minimum Gasteiger partial charge on any atom is -0.371 e. The van der Waals surface area contributed by atoms with Gasteiger partial charge >= 0.3 is 0 Å². The summed E-state index contributed by atoms with van der Waals surface area (Å²) >= 11 is 0. The fourth-order valence-electron chi connectivity index (χ4n) is 3.59. The molecule has 0 saturated carbocycles. The lowest BCUT2D eigenvalue weighted by atomic mass is 9.91. The zero-order valence-corrected chi connectivity index (χ0v) is 15.6. The molecular weight excluding hydrogens is 290 g/mol. The monoisotopic (exact) mass is 325 g/mol. The molecule has 0 bridgehead atoms. The molecule has 2 aliphatic rings. The van der Waals surface area contributed by atoms with Crippen molar-refractivity contribution in [1.29, 1.82) is 0 Å². The Labute approximate surface area is 141 Å². The molecule has 0 radical (unpaired) electrons. The highest BCUT2D eigenvalue weighted by molar-refractivity contribution is 5.77. The summed E-state index contributed by atoms with van der Waals surface area (Å²) in [5.41, 5.74) is 0.0598. The van der Waals surface area contributed by atoms with Gasteiger partial charge in [0.1, 0.15) is 0 Å². The highest BCUT2D eigenvalue weighted by atomic mass is 16.5. The van der Waals surface area contributed by atoms with E-state index >= 15 is 0 Å². The molecule has 134 valence electrons. The van der Waals surface area contributed by atoms with Crippen molar-refractivity contribution in [2.24, 2.45) is 5.41 Å². The largest absolute Gasteiger partial charge is 0.371 e. The average Bonchev–Trinajstić information content (AvgIpc) is 2.45. The summed E-state index contributed by atoms with van der Waals surface area (Å²) in [4.78, 5) is 17.2. The lowest BCUT2D eigenvalue weighted by Gasteiger charge is -2.43. The van der Waals surface area contributed by atoms with Crippen molar-refractivity contribution in [3.8, 4) is 0 Å². The van der Waals surface area contributed by atoms with E-state index < -0.39 is 0 Å². The maximum atomic E-state index is 12.6. The molecule has 2 aliphatic heterocycles. The van der Waals surface area contributed by atoms with Crippen LogP contribution in [0, 0.1) is 5.41 Å². The van der Waals surface area contributed by atoms with Gasteiger partial charge in [-0.1, -0.05) is 27.7 Å². The minimum atomic E-state index is 0.0598. The molecule has 0 aromatic rings. The standard InChI is InChI=1S/C18H35N3O2/c1-6-15-12-20(13-16-11-19-10-14(2)23-16)7-8-21(15)17(22)9-18(3,4)5/h14-16,19H,6-13H2,1-5H3/t14-,15+,16+/m1/s1. The van der Waals surface area contributed by atoms with Crippen LogP contribution in [0.3, 0.4) is 0 Å². The van der Waals surface area contributed by atoms with Gasteiger partial charge in [0.05, 0.1) is 12.2 Å². The van der Waals surface area contributed by atoms with Gasteiger partial charge in [-0.05, 0) is 18.8 Å². The van der Waals surface area contributed by atoms with E-state index in [-0.39, 0.29) is 11.5 Å². The number of hydrogen-bond donors (Lipinski definition) is 1. The van der Waals surface area contributed by atoms with E-state index in [9.17, 15) is 4.79 Å². The van der Waals surface area contributed by atoms with Crippen molar-refractivity contribution in [2.45, 2.75) is 65.7 Å². The maximum absolute atomic E-state index is 12.6. The van der Waals surface area contributed by atoms with Crippen LogP contribution in [0.5, 0.6) is 0 Å². The summed E-state index contributed by atoms with van der Waals surface area (Å²) < 4.78 is 6.01. The van der Waals surface area contributed by atoms with Crippen molar-refractivity contribution in [1.82, 2.24) is 15.1 Å². The molecule has 0 aromatic heterocycles. The van der Waals surface area contributed by atoms with Gasteiger partial charge in [-0.25, -0.2) is 0 Å². The van der Waals surface area contributed by atoms with E-state index in [0.717, 1.165) is 45.7 Å². The van der Waals surface area contributed by atoms with Crippen LogP contribution in [0.2, 0.25) is 0 Å². The highest BCUT2D eigenvalue weighted by Gasteiger charge is 2.32. The minimum absolute atomic E-state index is 0.0598. The molecule has 0 aliphatic carbocycles. The molecule has 5 nitrogen and oxygen atoms in total. The van der Waals surface area contributed by atoms with Crippen molar-refractivity contribution >= 4 is 5.91 Å². The van der Waals surface area contributed by atoms with Crippen molar-refractivity contribution in [2.75, 3.05) is 39.3 Å². The Morgan fingerprint density at radius 3 is 2.61 bits per heavy atom. The van der Waals surface area contributed by atoms with Gasteiger partial charge in [-0.3, -0.25) is 9.69 Å². The fourth-order valence-corrected chi connectivity index (χ4v) is 3.59. The Balaban J connectivity index is 1.87. The number of hydrogen-bond acceptors (Lipinski definition) is 4. The Morgan fingerprint density at radius 1 is 1.26 bits per heavy atom. The second-order valence-corrected chi connectivity index (χ2v) is 8.37. The lowest BCUT2D eigenvalue weighted by molar-refractivity contribution is -0.138. The van der Waals surface area contributed by atoms with E-state index in [0.29, 0.717) is 24.5 Å². The number of nitrogens with zero attached hydrogens (tertiary/aromatic N) is 2. The Kier molecular flexibility index (Phi) is 6.46. The van der Waals surface area contributed by atoms with Gasteiger partial charge < -0.3 is 15.0 Å². The van der Waals surface area contributed by atoms with Gasteiger partial charge in [-0.2, -0.15) is 0 Å². The molecule has 2 heterocycles. The van der Waals surface area contributed by atoms with Crippen molar-refractivity contribution in [3.63, 3.8) is 0 Å². The van der Waals surface area contributed by atoms with Gasteiger partial charge in [0.2, 0.25) is 5.91 Å². The summed E-state index contributed by atoms with van der Waals surface area (Å²) in [6, 6.07) is 0.340. The average molecular weight is 325 g/mol. The first kappa shape index (κ1) is 18.7. The summed E-state index contributed by atoms with van der Waals surface area (Å²) in [5, 5.41) is 3.44. The molecule has 23 heavy (non-hydrogen) atoms. The molecule has 3 atom stereocenters. The third kappa shape index (κ3) is 5.73. The van der Waals surface area contributed by atoms with Crippen LogP contribution in [0.15, 0.2) is 0 Å². The summed E-state index contributed by atoms with van der Waals surface area (Å²) in [6.07, 6.45) is 2.22. The molecule has 0 aromatic carbocycles. The van der Waals surface area contributed by atoms with E-state index in [1.807, 2.05) is 0 Å². The van der Waals surface area contributed by atoms with Crippen LogP contribution in [0.1, 0.15) is 47.5 Å². The third-order valence-electron chi connectivity index (χ3n) is 4.73. The molecule has 0 spiro atoms. The fraction of sp³-hybridized carbons (Fsp3) is 0.944. The molecule has 2 rings (SSSR count). The van der Waals surface area contributed by atoms with E-state index in [4.69, 9.17) is 4.74 Å². The Bertz CT molecular complexity index is 394. The summed E-state index contributed by atoms with van der Waals surface area (Å²) in [7, 11) is 0. The molecule has 1 N–H and O–H groups in total. The smallest absolute Gasteiger partial charge is 0.223 e. The number of carbonyl (C=O) groups is 1. The SMILES string of the molecule is CC[C@H]1CN(C[C@@H]2CNC[C@@H](C)O2)CCN1C(=O)CC(C)(C)C. The molecular formula is C18H35N3O2. The van der Waals surface area contributed by atoms with Gasteiger partial charge in [-0.15, -0.1) is 0 Å². The first-order chi connectivity index (χ1) is 10.8. The topological polar surface area (TPSA) is 44.8 Å². The summed E-state index contributed by atoms with van der Waals surface area (Å²) in [5.74, 6) is 0.313. The van der Waals surface area contributed by atoms with Crippen molar-refractivity contribution < 1.29 is 9.53 Å². The number of nitrogens with one attached hydrogen (secondary N) is 1. The van der Waals surface area contributed by atoms with Gasteiger partial charge in [0.25, 0.3) is 0 Å².